The van der Waals surface area contributed by atoms with Gasteiger partial charge in [0.15, 0.2) is 5.96 Å². The Labute approximate surface area is 156 Å². The van der Waals surface area contributed by atoms with Crippen molar-refractivity contribution < 1.29 is 9.47 Å². The fourth-order valence-corrected chi connectivity index (χ4v) is 2.00. The minimum Gasteiger partial charge on any atom is -0.383 e. The number of aliphatic imine (C=N–C) groups is 1. The van der Waals surface area contributed by atoms with Crippen LogP contribution in [-0.4, -0.2) is 58.4 Å². The van der Waals surface area contributed by atoms with E-state index in [2.05, 4.69) is 22.3 Å². The zero-order valence-electron chi connectivity index (χ0n) is 14.2. The van der Waals surface area contributed by atoms with Gasteiger partial charge in [0.25, 0.3) is 0 Å². The molecule has 0 radical (unpaired) electrons. The summed E-state index contributed by atoms with van der Waals surface area (Å²) in [6, 6.07) is 7.90. The highest BCUT2D eigenvalue weighted by atomic mass is 127. The van der Waals surface area contributed by atoms with Crippen molar-refractivity contribution >= 4 is 35.6 Å². The summed E-state index contributed by atoms with van der Waals surface area (Å²) >= 11 is 0. The topological polar surface area (TPSA) is 72.1 Å². The van der Waals surface area contributed by atoms with Crippen LogP contribution in [0.4, 0.5) is 5.69 Å². The maximum atomic E-state index is 5.93. The van der Waals surface area contributed by atoms with Crippen molar-refractivity contribution in [3.05, 3.63) is 29.8 Å². The van der Waals surface area contributed by atoms with Crippen LogP contribution >= 0.6 is 24.0 Å². The van der Waals surface area contributed by atoms with Crippen LogP contribution in [0, 0.1) is 0 Å². The fraction of sp³-hybridized carbons (Fsp3) is 0.562. The van der Waals surface area contributed by atoms with Gasteiger partial charge >= 0.3 is 0 Å². The van der Waals surface area contributed by atoms with Gasteiger partial charge in [-0.25, -0.2) is 0 Å². The summed E-state index contributed by atoms with van der Waals surface area (Å²) in [6.07, 6.45) is 0.961. The third-order valence-corrected chi connectivity index (χ3v) is 3.24. The predicted octanol–water partition coefficient (Wildman–Crippen LogP) is 2.15. The molecule has 0 bridgehead atoms. The first-order chi connectivity index (χ1) is 10.7. The van der Waals surface area contributed by atoms with Gasteiger partial charge in [0, 0.05) is 38.6 Å². The molecule has 1 aromatic rings. The number of ether oxygens (including phenoxy) is 2. The third kappa shape index (κ3) is 9.75. The lowest BCUT2D eigenvalue weighted by atomic mass is 10.2. The number of hydrogen-bond acceptors (Lipinski definition) is 4. The molecule has 0 aliphatic heterocycles. The number of halogens is 1. The molecule has 0 amide bonds. The number of para-hydroxylation sites is 1. The second-order valence-corrected chi connectivity index (χ2v) is 5.13. The second-order valence-electron chi connectivity index (χ2n) is 5.13. The summed E-state index contributed by atoms with van der Waals surface area (Å²) < 4.78 is 10.2. The van der Waals surface area contributed by atoms with Gasteiger partial charge in [-0.1, -0.05) is 18.2 Å². The first-order valence-corrected chi connectivity index (χ1v) is 7.48. The van der Waals surface area contributed by atoms with Crippen molar-refractivity contribution in [2.24, 2.45) is 10.7 Å². The van der Waals surface area contributed by atoms with Crippen LogP contribution in [0.25, 0.3) is 0 Å². The molecule has 1 aromatic carbocycles. The SMILES string of the molecule is COCCN(C)CCCN=C(N)Nc1ccccc1COC.I. The summed E-state index contributed by atoms with van der Waals surface area (Å²) in [7, 11) is 5.46. The van der Waals surface area contributed by atoms with E-state index in [1.807, 2.05) is 24.3 Å². The minimum absolute atomic E-state index is 0. The lowest BCUT2D eigenvalue weighted by Crippen LogP contribution is -2.26. The largest absolute Gasteiger partial charge is 0.383 e. The Kier molecular flexibility index (Phi) is 13.0. The van der Waals surface area contributed by atoms with Crippen molar-refractivity contribution in [3.63, 3.8) is 0 Å². The molecule has 0 saturated heterocycles. The van der Waals surface area contributed by atoms with Crippen LogP contribution in [-0.2, 0) is 16.1 Å². The maximum Gasteiger partial charge on any atom is 0.193 e. The molecule has 3 N–H and O–H groups in total. The van der Waals surface area contributed by atoms with Crippen LogP contribution < -0.4 is 11.1 Å². The van der Waals surface area contributed by atoms with E-state index in [-0.39, 0.29) is 24.0 Å². The Hall–Kier alpha value is -0.900. The summed E-state index contributed by atoms with van der Waals surface area (Å²) in [5, 5.41) is 3.13. The van der Waals surface area contributed by atoms with Gasteiger partial charge in [-0.15, -0.1) is 24.0 Å². The Balaban J connectivity index is 0.00000484. The number of nitrogens with one attached hydrogen (secondary N) is 1. The van der Waals surface area contributed by atoms with E-state index in [9.17, 15) is 0 Å². The van der Waals surface area contributed by atoms with E-state index in [4.69, 9.17) is 15.2 Å². The molecule has 0 aromatic heterocycles. The highest BCUT2D eigenvalue weighted by Crippen LogP contribution is 2.15. The number of anilines is 1. The summed E-state index contributed by atoms with van der Waals surface area (Å²) in [5.74, 6) is 0.433. The van der Waals surface area contributed by atoms with Crippen LogP contribution in [0.1, 0.15) is 12.0 Å². The van der Waals surface area contributed by atoms with Gasteiger partial charge < -0.3 is 25.4 Å². The van der Waals surface area contributed by atoms with Gasteiger partial charge in [0.1, 0.15) is 0 Å². The number of rotatable bonds is 10. The van der Waals surface area contributed by atoms with Crippen LogP contribution in [0.3, 0.4) is 0 Å². The molecule has 23 heavy (non-hydrogen) atoms. The number of nitrogens with two attached hydrogens (primary N) is 1. The smallest absolute Gasteiger partial charge is 0.193 e. The highest BCUT2D eigenvalue weighted by Gasteiger charge is 2.02. The van der Waals surface area contributed by atoms with E-state index in [1.54, 1.807) is 14.2 Å². The molecule has 0 spiro atoms. The number of benzene rings is 1. The molecule has 7 heteroatoms. The Bertz CT molecular complexity index is 457. The summed E-state index contributed by atoms with van der Waals surface area (Å²) in [5.41, 5.74) is 7.92. The third-order valence-electron chi connectivity index (χ3n) is 3.24. The van der Waals surface area contributed by atoms with Crippen LogP contribution in [0.15, 0.2) is 29.3 Å². The van der Waals surface area contributed by atoms with E-state index >= 15 is 0 Å². The quantitative estimate of drug-likeness (QED) is 0.255. The molecular weight excluding hydrogens is 407 g/mol. The average Bonchev–Trinajstić information content (AvgIpc) is 2.51. The number of likely N-dealkylation sites (N-methyl/N-ethyl adjacent to an activating group) is 1. The molecule has 0 heterocycles. The monoisotopic (exact) mass is 436 g/mol. The molecule has 1 rings (SSSR count). The van der Waals surface area contributed by atoms with E-state index in [0.717, 1.165) is 37.4 Å². The first kappa shape index (κ1) is 22.1. The Morgan fingerprint density at radius 1 is 1.22 bits per heavy atom. The number of guanidine groups is 1. The zero-order chi connectivity index (χ0) is 16.2. The Morgan fingerprint density at radius 3 is 2.65 bits per heavy atom. The zero-order valence-corrected chi connectivity index (χ0v) is 16.6. The van der Waals surface area contributed by atoms with Crippen molar-refractivity contribution in [3.8, 4) is 0 Å². The fourth-order valence-electron chi connectivity index (χ4n) is 2.00. The van der Waals surface area contributed by atoms with Crippen molar-refractivity contribution in [2.75, 3.05) is 52.8 Å². The van der Waals surface area contributed by atoms with E-state index in [0.29, 0.717) is 19.1 Å². The van der Waals surface area contributed by atoms with Crippen molar-refractivity contribution in [1.82, 2.24) is 4.90 Å². The van der Waals surface area contributed by atoms with E-state index in [1.165, 1.54) is 0 Å². The standard InChI is InChI=1S/C16H28N4O2.HI/c1-20(11-12-21-2)10-6-9-18-16(17)19-15-8-5-4-7-14(15)13-22-3;/h4-5,7-8H,6,9-13H2,1-3H3,(H3,17,18,19);1H. The van der Waals surface area contributed by atoms with Gasteiger partial charge in [0.2, 0.25) is 0 Å². The lowest BCUT2D eigenvalue weighted by molar-refractivity contribution is 0.161. The van der Waals surface area contributed by atoms with Gasteiger partial charge in [-0.3, -0.25) is 4.99 Å². The molecule has 0 fully saturated rings. The molecule has 6 nitrogen and oxygen atoms in total. The van der Waals surface area contributed by atoms with Gasteiger partial charge in [-0.05, 0) is 26.1 Å². The van der Waals surface area contributed by atoms with Gasteiger partial charge in [-0.2, -0.15) is 0 Å². The molecule has 0 atom stereocenters. The number of methoxy groups -OCH3 is 2. The normalized spacial score (nSPS) is 11.4. The molecular formula is C16H29IN4O2. The summed E-state index contributed by atoms with van der Waals surface area (Å²) in [4.78, 5) is 6.58. The molecule has 0 aliphatic rings. The van der Waals surface area contributed by atoms with E-state index < -0.39 is 0 Å². The van der Waals surface area contributed by atoms with Crippen molar-refractivity contribution in [2.45, 2.75) is 13.0 Å². The molecule has 132 valence electrons. The molecule has 0 unspecified atom stereocenters. The lowest BCUT2D eigenvalue weighted by Gasteiger charge is -2.15. The van der Waals surface area contributed by atoms with Crippen molar-refractivity contribution in [1.29, 1.82) is 0 Å². The molecule has 0 saturated carbocycles. The molecule has 0 aliphatic carbocycles. The number of hydrogen-bond donors (Lipinski definition) is 2. The first-order valence-electron chi connectivity index (χ1n) is 7.48. The number of nitrogens with zero attached hydrogens (tertiary/aromatic N) is 2. The minimum atomic E-state index is 0. The summed E-state index contributed by atoms with van der Waals surface area (Å²) in [6.45, 7) is 3.89. The van der Waals surface area contributed by atoms with Crippen LogP contribution in [0.2, 0.25) is 0 Å². The highest BCUT2D eigenvalue weighted by molar-refractivity contribution is 14.0. The average molecular weight is 436 g/mol. The van der Waals surface area contributed by atoms with Crippen LogP contribution in [0.5, 0.6) is 0 Å². The maximum absolute atomic E-state index is 5.93. The predicted molar refractivity (Wildman–Crippen MR) is 107 cm³/mol. The second kappa shape index (κ2) is 13.5. The van der Waals surface area contributed by atoms with Gasteiger partial charge in [0.05, 0.1) is 13.2 Å². The Morgan fingerprint density at radius 2 is 1.96 bits per heavy atom.